The Morgan fingerprint density at radius 1 is 1.11 bits per heavy atom. The highest BCUT2D eigenvalue weighted by Crippen LogP contribution is 2.24. The molecule has 0 saturated carbocycles. The second-order valence-electron chi connectivity index (χ2n) is 6.34. The molecule has 0 unspecified atom stereocenters. The molecule has 1 N–H and O–H groups in total. The monoisotopic (exact) mass is 373 g/mol. The second-order valence-corrected chi connectivity index (χ2v) is 6.34. The zero-order valence-electron chi connectivity index (χ0n) is 15.4. The van der Waals surface area contributed by atoms with Gasteiger partial charge in [0.15, 0.2) is 0 Å². The Labute approximate surface area is 161 Å². The van der Waals surface area contributed by atoms with Gasteiger partial charge in [0, 0.05) is 10.9 Å². The minimum absolute atomic E-state index is 0.145. The molecule has 0 radical (unpaired) electrons. The maximum absolute atomic E-state index is 12.4. The number of nitrogens with zero attached hydrogens (tertiary/aromatic N) is 4. The number of aryl methyl sites for hydroxylation is 1. The first-order valence-electron chi connectivity index (χ1n) is 8.95. The van der Waals surface area contributed by atoms with Crippen LogP contribution in [0.5, 0.6) is 5.75 Å². The van der Waals surface area contributed by atoms with Gasteiger partial charge in [0.2, 0.25) is 0 Å². The zero-order chi connectivity index (χ0) is 19.3. The summed E-state index contributed by atoms with van der Waals surface area (Å²) in [6.07, 6.45) is 1.52. The van der Waals surface area contributed by atoms with Gasteiger partial charge in [0.05, 0.1) is 12.2 Å². The average molecular weight is 373 g/mol. The number of hydrogen-bond donors (Lipinski definition) is 1. The Balaban J connectivity index is 1.35. The van der Waals surface area contributed by atoms with E-state index < -0.39 is 0 Å². The SMILES string of the molecule is Cc1cc(C(=O)NCCOc2cccc3ccccc23)ccc1-n1cnnn1. The van der Waals surface area contributed by atoms with Crippen LogP contribution in [0.3, 0.4) is 0 Å². The summed E-state index contributed by atoms with van der Waals surface area (Å²) < 4.78 is 7.42. The third-order valence-electron chi connectivity index (χ3n) is 4.45. The molecular weight excluding hydrogens is 354 g/mol. The van der Waals surface area contributed by atoms with Crippen LogP contribution in [0.15, 0.2) is 67.0 Å². The largest absolute Gasteiger partial charge is 0.491 e. The number of rotatable bonds is 6. The van der Waals surface area contributed by atoms with Crippen molar-refractivity contribution in [2.24, 2.45) is 0 Å². The number of amides is 1. The number of ether oxygens (including phenoxy) is 1. The summed E-state index contributed by atoms with van der Waals surface area (Å²) in [5.74, 6) is 0.668. The van der Waals surface area contributed by atoms with E-state index in [4.69, 9.17) is 4.74 Å². The maximum atomic E-state index is 12.4. The van der Waals surface area contributed by atoms with Crippen molar-refractivity contribution in [3.63, 3.8) is 0 Å². The Morgan fingerprint density at radius 3 is 2.79 bits per heavy atom. The fraction of sp³-hybridized carbons (Fsp3) is 0.143. The van der Waals surface area contributed by atoms with Gasteiger partial charge in [-0.25, -0.2) is 4.68 Å². The lowest BCUT2D eigenvalue weighted by Crippen LogP contribution is -2.28. The number of carbonyl (C=O) groups excluding carboxylic acids is 1. The summed E-state index contributed by atoms with van der Waals surface area (Å²) in [6.45, 7) is 2.72. The van der Waals surface area contributed by atoms with Crippen molar-refractivity contribution in [3.05, 3.63) is 78.1 Å². The van der Waals surface area contributed by atoms with Gasteiger partial charge in [-0.15, -0.1) is 5.10 Å². The molecule has 0 aliphatic heterocycles. The number of nitrogens with one attached hydrogen (secondary N) is 1. The smallest absolute Gasteiger partial charge is 0.251 e. The van der Waals surface area contributed by atoms with Crippen molar-refractivity contribution in [1.82, 2.24) is 25.5 Å². The van der Waals surface area contributed by atoms with Gasteiger partial charge in [-0.2, -0.15) is 0 Å². The molecule has 4 rings (SSSR count). The van der Waals surface area contributed by atoms with E-state index >= 15 is 0 Å². The van der Waals surface area contributed by atoms with Crippen molar-refractivity contribution in [3.8, 4) is 11.4 Å². The molecule has 28 heavy (non-hydrogen) atoms. The minimum atomic E-state index is -0.145. The molecule has 3 aromatic carbocycles. The van der Waals surface area contributed by atoms with Gasteiger partial charge in [-0.1, -0.05) is 36.4 Å². The lowest BCUT2D eigenvalue weighted by molar-refractivity contribution is 0.0947. The lowest BCUT2D eigenvalue weighted by Gasteiger charge is -2.11. The fourth-order valence-corrected chi connectivity index (χ4v) is 3.07. The molecule has 1 aromatic heterocycles. The van der Waals surface area contributed by atoms with Crippen LogP contribution in [0.2, 0.25) is 0 Å². The highest BCUT2D eigenvalue weighted by molar-refractivity contribution is 5.94. The van der Waals surface area contributed by atoms with E-state index in [0.717, 1.165) is 27.8 Å². The molecule has 0 spiro atoms. The second kappa shape index (κ2) is 7.87. The molecule has 1 heterocycles. The molecule has 0 atom stereocenters. The van der Waals surface area contributed by atoms with Gasteiger partial charge < -0.3 is 10.1 Å². The van der Waals surface area contributed by atoms with E-state index in [1.807, 2.05) is 61.5 Å². The number of aromatic nitrogens is 4. The number of benzene rings is 3. The number of carbonyl (C=O) groups is 1. The summed E-state index contributed by atoms with van der Waals surface area (Å²) >= 11 is 0. The van der Waals surface area contributed by atoms with Crippen LogP contribution in [0, 0.1) is 6.92 Å². The Morgan fingerprint density at radius 2 is 1.96 bits per heavy atom. The molecule has 0 saturated heterocycles. The average Bonchev–Trinajstić information content (AvgIpc) is 3.25. The molecule has 0 aliphatic rings. The maximum Gasteiger partial charge on any atom is 0.251 e. The summed E-state index contributed by atoms with van der Waals surface area (Å²) in [7, 11) is 0. The van der Waals surface area contributed by atoms with Crippen LogP contribution in [0.1, 0.15) is 15.9 Å². The quantitative estimate of drug-likeness (QED) is 0.526. The minimum Gasteiger partial charge on any atom is -0.491 e. The molecule has 7 nitrogen and oxygen atoms in total. The Kier molecular flexibility index (Phi) is 4.97. The summed E-state index contributed by atoms with van der Waals surface area (Å²) in [6, 6.07) is 19.4. The number of fused-ring (bicyclic) bond motifs is 1. The normalized spacial score (nSPS) is 10.8. The summed E-state index contributed by atoms with van der Waals surface area (Å²) in [5.41, 5.74) is 2.33. The van der Waals surface area contributed by atoms with Gasteiger partial charge in [0.25, 0.3) is 5.91 Å². The van der Waals surface area contributed by atoms with Gasteiger partial charge in [0.1, 0.15) is 18.7 Å². The van der Waals surface area contributed by atoms with Crippen molar-refractivity contribution in [2.75, 3.05) is 13.2 Å². The predicted octanol–water partition coefficient (Wildman–Crippen LogP) is 2.93. The van der Waals surface area contributed by atoms with Gasteiger partial charge in [-0.05, 0) is 52.6 Å². The van der Waals surface area contributed by atoms with Crippen molar-refractivity contribution >= 4 is 16.7 Å². The van der Waals surface area contributed by atoms with E-state index in [1.165, 1.54) is 6.33 Å². The standard InChI is InChI=1S/C21H19N5O2/c1-15-13-17(9-10-19(15)26-14-23-24-25-26)21(27)22-11-12-28-20-8-4-6-16-5-2-3-7-18(16)20/h2-10,13-14H,11-12H2,1H3,(H,22,27). The van der Waals surface area contributed by atoms with Crippen LogP contribution >= 0.6 is 0 Å². The number of tetrazole rings is 1. The topological polar surface area (TPSA) is 81.9 Å². The molecular formula is C21H19N5O2. The van der Waals surface area contributed by atoms with Crippen LogP contribution in [0.4, 0.5) is 0 Å². The lowest BCUT2D eigenvalue weighted by atomic mass is 10.1. The Bertz CT molecular complexity index is 1100. The van der Waals surface area contributed by atoms with Crippen molar-refractivity contribution in [1.29, 1.82) is 0 Å². The third-order valence-corrected chi connectivity index (χ3v) is 4.45. The van der Waals surface area contributed by atoms with E-state index in [-0.39, 0.29) is 5.91 Å². The first-order valence-corrected chi connectivity index (χ1v) is 8.95. The fourth-order valence-electron chi connectivity index (χ4n) is 3.07. The molecule has 0 bridgehead atoms. The molecule has 0 fully saturated rings. The number of hydrogen-bond acceptors (Lipinski definition) is 5. The van der Waals surface area contributed by atoms with Crippen LogP contribution < -0.4 is 10.1 Å². The van der Waals surface area contributed by atoms with Gasteiger partial charge >= 0.3 is 0 Å². The first kappa shape index (κ1) is 17.7. The summed E-state index contributed by atoms with van der Waals surface area (Å²) in [5, 5.41) is 16.2. The Hall–Kier alpha value is -3.74. The van der Waals surface area contributed by atoms with Crippen LogP contribution in [0.25, 0.3) is 16.5 Å². The van der Waals surface area contributed by atoms with Crippen molar-refractivity contribution in [2.45, 2.75) is 6.92 Å². The molecule has 0 aliphatic carbocycles. The third kappa shape index (κ3) is 3.68. The molecule has 4 aromatic rings. The molecule has 7 heteroatoms. The van der Waals surface area contributed by atoms with Crippen LogP contribution in [-0.2, 0) is 0 Å². The highest BCUT2D eigenvalue weighted by Gasteiger charge is 2.09. The zero-order valence-corrected chi connectivity index (χ0v) is 15.4. The highest BCUT2D eigenvalue weighted by atomic mass is 16.5. The van der Waals surface area contributed by atoms with Gasteiger partial charge in [-0.3, -0.25) is 4.79 Å². The molecule has 1 amide bonds. The van der Waals surface area contributed by atoms with E-state index in [9.17, 15) is 4.79 Å². The summed E-state index contributed by atoms with van der Waals surface area (Å²) in [4.78, 5) is 12.4. The molecule has 140 valence electrons. The van der Waals surface area contributed by atoms with E-state index in [2.05, 4.69) is 20.8 Å². The van der Waals surface area contributed by atoms with E-state index in [1.54, 1.807) is 10.7 Å². The predicted molar refractivity (Wildman–Crippen MR) is 106 cm³/mol. The van der Waals surface area contributed by atoms with E-state index in [0.29, 0.717) is 18.7 Å². The first-order chi connectivity index (χ1) is 13.7. The van der Waals surface area contributed by atoms with Crippen LogP contribution in [-0.4, -0.2) is 39.3 Å². The van der Waals surface area contributed by atoms with Crippen molar-refractivity contribution < 1.29 is 9.53 Å².